The van der Waals surface area contributed by atoms with Crippen molar-refractivity contribution in [3.63, 3.8) is 0 Å². The summed E-state index contributed by atoms with van der Waals surface area (Å²) in [7, 11) is 0. The van der Waals surface area contributed by atoms with Gasteiger partial charge in [-0.2, -0.15) is 0 Å². The van der Waals surface area contributed by atoms with Gasteiger partial charge in [0.1, 0.15) is 0 Å². The number of carboxylic acid groups (broad SMARTS) is 1. The normalized spacial score (nSPS) is 13.6. The quantitative estimate of drug-likeness (QED) is 0.885. The molecule has 0 spiro atoms. The van der Waals surface area contributed by atoms with E-state index >= 15 is 0 Å². The molecule has 0 saturated heterocycles. The van der Waals surface area contributed by atoms with Crippen LogP contribution in [-0.4, -0.2) is 33.4 Å². The number of nitrogens with zero attached hydrogens (tertiary/aromatic N) is 2. The minimum atomic E-state index is -0.818. The molecule has 0 radical (unpaired) electrons. The van der Waals surface area contributed by atoms with Gasteiger partial charge in [0.2, 0.25) is 5.91 Å². The van der Waals surface area contributed by atoms with Crippen LogP contribution in [0, 0.1) is 0 Å². The minimum absolute atomic E-state index is 0.0726. The summed E-state index contributed by atoms with van der Waals surface area (Å²) in [5, 5.41) is 10.2. The lowest BCUT2D eigenvalue weighted by molar-refractivity contribution is -0.137. The van der Waals surface area contributed by atoms with Crippen molar-refractivity contribution in [1.82, 2.24) is 9.88 Å². The molecule has 0 bridgehead atoms. The molecule has 5 nitrogen and oxygen atoms in total. The van der Waals surface area contributed by atoms with Crippen LogP contribution < -0.4 is 0 Å². The van der Waals surface area contributed by atoms with Gasteiger partial charge in [0.25, 0.3) is 0 Å². The second kappa shape index (κ2) is 7.32. The van der Waals surface area contributed by atoms with Crippen molar-refractivity contribution in [3.05, 3.63) is 50.4 Å². The second-order valence-corrected chi connectivity index (χ2v) is 7.35. The summed E-state index contributed by atoms with van der Waals surface area (Å²) in [6.07, 6.45) is 1.59. The maximum Gasteiger partial charge on any atom is 0.303 e. The Bertz CT molecular complexity index is 775. The Hall–Kier alpha value is -1.92. The van der Waals surface area contributed by atoms with Crippen molar-refractivity contribution < 1.29 is 14.7 Å². The van der Waals surface area contributed by atoms with Gasteiger partial charge in [-0.3, -0.25) is 9.59 Å². The number of halogens is 1. The maximum absolute atomic E-state index is 12.5. The largest absolute Gasteiger partial charge is 0.481 e. The standard InChI is InChI=1S/C17H17ClN2O3S/c18-12-3-1-2-11(8-12)9-16(21)20-7-6-13-14(10-20)24-15(19-13)4-5-17(22)23/h1-3,8H,4-7,9-10H2,(H,22,23). The summed E-state index contributed by atoms with van der Waals surface area (Å²) in [5.41, 5.74) is 1.91. The van der Waals surface area contributed by atoms with Crippen molar-refractivity contribution >= 4 is 34.8 Å². The van der Waals surface area contributed by atoms with E-state index in [1.165, 1.54) is 11.3 Å². The number of aromatic nitrogens is 1. The summed E-state index contributed by atoms with van der Waals surface area (Å²) in [5.74, 6) is -0.745. The Kier molecular flexibility index (Phi) is 5.16. The lowest BCUT2D eigenvalue weighted by atomic mass is 10.1. The highest BCUT2D eigenvalue weighted by Crippen LogP contribution is 2.26. The molecule has 1 aromatic heterocycles. The zero-order valence-corrected chi connectivity index (χ0v) is 14.6. The first-order valence-electron chi connectivity index (χ1n) is 7.73. The van der Waals surface area contributed by atoms with E-state index in [0.717, 1.165) is 27.6 Å². The molecule has 2 aromatic rings. The van der Waals surface area contributed by atoms with Gasteiger partial charge in [0, 0.05) is 29.3 Å². The molecule has 3 rings (SSSR count). The fourth-order valence-electron chi connectivity index (χ4n) is 2.72. The molecule has 2 heterocycles. The first-order valence-corrected chi connectivity index (χ1v) is 8.92. The molecule has 7 heteroatoms. The highest BCUT2D eigenvalue weighted by molar-refractivity contribution is 7.11. The summed E-state index contributed by atoms with van der Waals surface area (Å²) < 4.78 is 0. The van der Waals surface area contributed by atoms with E-state index in [-0.39, 0.29) is 12.3 Å². The number of carbonyl (C=O) groups is 2. The number of rotatable bonds is 5. The van der Waals surface area contributed by atoms with Crippen molar-refractivity contribution in [2.45, 2.75) is 32.2 Å². The Morgan fingerprint density at radius 1 is 1.38 bits per heavy atom. The van der Waals surface area contributed by atoms with E-state index in [4.69, 9.17) is 16.7 Å². The van der Waals surface area contributed by atoms with Gasteiger partial charge >= 0.3 is 5.97 Å². The average Bonchev–Trinajstić information content (AvgIpc) is 2.95. The fraction of sp³-hybridized carbons (Fsp3) is 0.353. The van der Waals surface area contributed by atoms with E-state index in [1.54, 1.807) is 6.07 Å². The Labute approximate surface area is 148 Å². The Balaban J connectivity index is 1.63. The van der Waals surface area contributed by atoms with E-state index in [2.05, 4.69) is 4.98 Å². The number of fused-ring (bicyclic) bond motifs is 1. The van der Waals surface area contributed by atoms with Crippen LogP contribution >= 0.6 is 22.9 Å². The molecule has 0 atom stereocenters. The molecule has 0 unspecified atom stereocenters. The highest BCUT2D eigenvalue weighted by atomic mass is 35.5. The molecule has 0 aliphatic carbocycles. The first kappa shape index (κ1) is 16.9. The third-order valence-electron chi connectivity index (χ3n) is 3.93. The summed E-state index contributed by atoms with van der Waals surface area (Å²) in [4.78, 5) is 30.6. The average molecular weight is 365 g/mol. The van der Waals surface area contributed by atoms with Gasteiger partial charge < -0.3 is 10.0 Å². The van der Waals surface area contributed by atoms with Crippen molar-refractivity contribution in [2.24, 2.45) is 0 Å². The molecule has 0 saturated carbocycles. The van der Waals surface area contributed by atoms with E-state index in [0.29, 0.717) is 31.0 Å². The molecule has 1 aliphatic heterocycles. The maximum atomic E-state index is 12.5. The van der Waals surface area contributed by atoms with E-state index in [9.17, 15) is 9.59 Å². The topological polar surface area (TPSA) is 70.5 Å². The molecule has 24 heavy (non-hydrogen) atoms. The van der Waals surface area contributed by atoms with E-state index in [1.807, 2.05) is 23.1 Å². The number of aliphatic carboxylic acids is 1. The van der Waals surface area contributed by atoms with Crippen molar-refractivity contribution in [2.75, 3.05) is 6.54 Å². The zero-order valence-electron chi connectivity index (χ0n) is 13.0. The minimum Gasteiger partial charge on any atom is -0.481 e. The van der Waals surface area contributed by atoms with Gasteiger partial charge in [-0.1, -0.05) is 23.7 Å². The summed E-state index contributed by atoms with van der Waals surface area (Å²) in [6, 6.07) is 7.34. The van der Waals surface area contributed by atoms with Crippen LogP contribution in [0.15, 0.2) is 24.3 Å². The van der Waals surface area contributed by atoms with Crippen molar-refractivity contribution in [3.8, 4) is 0 Å². The smallest absolute Gasteiger partial charge is 0.303 e. The molecule has 1 N–H and O–H groups in total. The van der Waals surface area contributed by atoms with Gasteiger partial charge in [0.15, 0.2) is 0 Å². The molecular weight excluding hydrogens is 348 g/mol. The van der Waals surface area contributed by atoms with Crippen molar-refractivity contribution in [1.29, 1.82) is 0 Å². The highest BCUT2D eigenvalue weighted by Gasteiger charge is 2.24. The van der Waals surface area contributed by atoms with Gasteiger partial charge in [0.05, 0.1) is 30.1 Å². The second-order valence-electron chi connectivity index (χ2n) is 5.74. The third-order valence-corrected chi connectivity index (χ3v) is 5.30. The predicted octanol–water partition coefficient (Wildman–Crippen LogP) is 2.94. The summed E-state index contributed by atoms with van der Waals surface area (Å²) in [6.45, 7) is 1.20. The number of carbonyl (C=O) groups excluding carboxylic acids is 1. The number of thiazole rings is 1. The van der Waals surface area contributed by atoms with Crippen LogP contribution in [0.2, 0.25) is 5.02 Å². The molecular formula is C17H17ClN2O3S. The number of hydrogen-bond donors (Lipinski definition) is 1. The Morgan fingerprint density at radius 3 is 2.96 bits per heavy atom. The molecule has 126 valence electrons. The van der Waals surface area contributed by atoms with Crippen LogP contribution in [0.3, 0.4) is 0 Å². The van der Waals surface area contributed by atoms with Gasteiger partial charge in [-0.15, -0.1) is 11.3 Å². The Morgan fingerprint density at radius 2 is 2.21 bits per heavy atom. The number of hydrogen-bond acceptors (Lipinski definition) is 4. The van der Waals surface area contributed by atoms with Crippen LogP contribution in [0.4, 0.5) is 0 Å². The summed E-state index contributed by atoms with van der Waals surface area (Å²) >= 11 is 7.48. The molecule has 1 aromatic carbocycles. The van der Waals surface area contributed by atoms with Crippen LogP contribution in [0.25, 0.3) is 0 Å². The SMILES string of the molecule is O=C(O)CCc1nc2c(s1)CN(C(=O)Cc1cccc(Cl)c1)CC2. The van der Waals surface area contributed by atoms with Crippen LogP contribution in [-0.2, 0) is 35.4 Å². The van der Waals surface area contributed by atoms with E-state index < -0.39 is 5.97 Å². The first-order chi connectivity index (χ1) is 11.5. The van der Waals surface area contributed by atoms with Gasteiger partial charge in [-0.25, -0.2) is 4.98 Å². The van der Waals surface area contributed by atoms with Gasteiger partial charge in [-0.05, 0) is 17.7 Å². The number of aryl methyl sites for hydroxylation is 1. The molecule has 1 aliphatic rings. The molecule has 1 amide bonds. The zero-order chi connectivity index (χ0) is 17.1. The van der Waals surface area contributed by atoms with Crippen LogP contribution in [0.5, 0.6) is 0 Å². The number of benzene rings is 1. The lowest BCUT2D eigenvalue weighted by Crippen LogP contribution is -2.36. The third kappa shape index (κ3) is 4.13. The monoisotopic (exact) mass is 364 g/mol. The lowest BCUT2D eigenvalue weighted by Gasteiger charge is -2.26. The van der Waals surface area contributed by atoms with Crippen LogP contribution in [0.1, 0.15) is 27.6 Å². The predicted molar refractivity (Wildman–Crippen MR) is 92.3 cm³/mol. The number of amides is 1. The molecule has 0 fully saturated rings. The number of carboxylic acids is 1. The fourth-order valence-corrected chi connectivity index (χ4v) is 4.06.